The topological polar surface area (TPSA) is 89.3 Å². The Morgan fingerprint density at radius 2 is 2.24 bits per heavy atom. The van der Waals surface area contributed by atoms with E-state index >= 15 is 0 Å². The highest BCUT2D eigenvalue weighted by molar-refractivity contribution is 14.1. The first-order valence-corrected chi connectivity index (χ1v) is 8.58. The van der Waals surface area contributed by atoms with Crippen molar-refractivity contribution in [3.63, 3.8) is 0 Å². The SMILES string of the molecule is O=[N+]([O-])c1cc(S(=O)(=O)NCCCI)sc1Cl. The van der Waals surface area contributed by atoms with E-state index in [9.17, 15) is 18.5 Å². The van der Waals surface area contributed by atoms with Crippen molar-refractivity contribution in [2.45, 2.75) is 10.6 Å². The number of hydrogen-bond acceptors (Lipinski definition) is 5. The van der Waals surface area contributed by atoms with Gasteiger partial charge < -0.3 is 0 Å². The van der Waals surface area contributed by atoms with Crippen molar-refractivity contribution < 1.29 is 13.3 Å². The average molecular weight is 411 g/mol. The van der Waals surface area contributed by atoms with Gasteiger partial charge in [-0.25, -0.2) is 13.1 Å². The molecule has 0 aliphatic carbocycles. The summed E-state index contributed by atoms with van der Waals surface area (Å²) in [5, 5.41) is 10.5. The molecular weight excluding hydrogens is 403 g/mol. The number of halogens is 2. The van der Waals surface area contributed by atoms with Crippen LogP contribution in [0.15, 0.2) is 10.3 Å². The van der Waals surface area contributed by atoms with E-state index in [0.717, 1.165) is 10.5 Å². The zero-order chi connectivity index (χ0) is 13.1. The lowest BCUT2D eigenvalue weighted by Crippen LogP contribution is -2.24. The number of nitro groups is 1. The van der Waals surface area contributed by atoms with Crippen LogP contribution in [0.25, 0.3) is 0 Å². The molecule has 0 aromatic carbocycles. The minimum absolute atomic E-state index is 0.135. The number of hydrogen-bond donors (Lipinski definition) is 1. The van der Waals surface area contributed by atoms with Crippen molar-refractivity contribution >= 4 is 61.2 Å². The molecule has 1 aromatic heterocycles. The van der Waals surface area contributed by atoms with Gasteiger partial charge >= 0.3 is 0 Å². The van der Waals surface area contributed by atoms with E-state index in [1.165, 1.54) is 0 Å². The number of nitrogens with zero attached hydrogens (tertiary/aromatic N) is 1. The van der Waals surface area contributed by atoms with Crippen molar-refractivity contribution in [2.24, 2.45) is 0 Å². The molecule has 1 rings (SSSR count). The van der Waals surface area contributed by atoms with Crippen molar-refractivity contribution in [1.82, 2.24) is 4.72 Å². The van der Waals surface area contributed by atoms with Gasteiger partial charge in [0.05, 0.1) is 4.92 Å². The number of nitrogens with one attached hydrogen (secondary N) is 1. The first kappa shape index (κ1) is 15.1. The Balaban J connectivity index is 2.92. The van der Waals surface area contributed by atoms with Crippen molar-refractivity contribution in [2.75, 3.05) is 11.0 Å². The normalized spacial score (nSPS) is 11.6. The van der Waals surface area contributed by atoms with Crippen LogP contribution in [0.5, 0.6) is 0 Å². The maximum atomic E-state index is 11.7. The lowest BCUT2D eigenvalue weighted by atomic mass is 10.5. The molecule has 0 bridgehead atoms. The Kier molecular flexibility index (Phi) is 5.57. The smallest absolute Gasteiger partial charge is 0.258 e. The van der Waals surface area contributed by atoms with E-state index in [1.807, 2.05) is 0 Å². The molecule has 0 atom stereocenters. The molecule has 0 aliphatic rings. The van der Waals surface area contributed by atoms with Crippen LogP contribution in [0.3, 0.4) is 0 Å². The summed E-state index contributed by atoms with van der Waals surface area (Å²) in [7, 11) is -3.69. The minimum atomic E-state index is -3.69. The van der Waals surface area contributed by atoms with Crippen LogP contribution in [0.1, 0.15) is 6.42 Å². The maximum Gasteiger partial charge on any atom is 0.300 e. The van der Waals surface area contributed by atoms with Gasteiger partial charge in [0.1, 0.15) is 4.21 Å². The lowest BCUT2D eigenvalue weighted by molar-refractivity contribution is -0.384. The van der Waals surface area contributed by atoms with Gasteiger partial charge in [0.15, 0.2) is 4.34 Å². The van der Waals surface area contributed by atoms with E-state index in [2.05, 4.69) is 27.3 Å². The highest BCUT2D eigenvalue weighted by atomic mass is 127. The maximum absolute atomic E-state index is 11.7. The largest absolute Gasteiger partial charge is 0.300 e. The fourth-order valence-electron chi connectivity index (χ4n) is 0.940. The van der Waals surface area contributed by atoms with Crippen LogP contribution >= 0.6 is 45.5 Å². The van der Waals surface area contributed by atoms with Gasteiger partial charge in [0.2, 0.25) is 10.0 Å². The second-order valence-electron chi connectivity index (χ2n) is 2.92. The third-order valence-electron chi connectivity index (χ3n) is 1.71. The Hall–Kier alpha value is 0.0300. The molecule has 1 N–H and O–H groups in total. The number of sulfonamides is 1. The minimum Gasteiger partial charge on any atom is -0.258 e. The molecule has 0 aliphatic heterocycles. The number of rotatable bonds is 6. The molecule has 17 heavy (non-hydrogen) atoms. The monoisotopic (exact) mass is 410 g/mol. The first-order chi connectivity index (χ1) is 7.88. The average Bonchev–Trinajstić information content (AvgIpc) is 2.61. The third-order valence-corrected chi connectivity index (χ3v) is 5.75. The van der Waals surface area contributed by atoms with Gasteiger partial charge in [-0.3, -0.25) is 10.1 Å². The molecule has 96 valence electrons. The van der Waals surface area contributed by atoms with Gasteiger partial charge in [0, 0.05) is 17.0 Å². The van der Waals surface area contributed by atoms with Crippen LogP contribution in [-0.4, -0.2) is 24.3 Å². The van der Waals surface area contributed by atoms with E-state index in [4.69, 9.17) is 11.6 Å². The Labute approximate surface area is 121 Å². The van der Waals surface area contributed by atoms with Gasteiger partial charge in [-0.15, -0.1) is 11.3 Å². The van der Waals surface area contributed by atoms with Crippen LogP contribution < -0.4 is 4.72 Å². The molecule has 6 nitrogen and oxygen atoms in total. The number of thiophene rings is 1. The summed E-state index contributed by atoms with van der Waals surface area (Å²) < 4.78 is 26.3. The van der Waals surface area contributed by atoms with Crippen LogP contribution in [0, 0.1) is 10.1 Å². The van der Waals surface area contributed by atoms with Crippen molar-refractivity contribution in [1.29, 1.82) is 0 Å². The first-order valence-electron chi connectivity index (χ1n) is 4.38. The Morgan fingerprint density at radius 1 is 1.59 bits per heavy atom. The standard InChI is InChI=1S/C7H8ClIN2O4S2/c8-7-5(11(12)13)4-6(16-7)17(14,15)10-3-1-2-9/h4,10H,1-3H2. The zero-order valence-electron chi connectivity index (χ0n) is 8.35. The third kappa shape index (κ3) is 4.02. The van der Waals surface area contributed by atoms with E-state index in [-0.39, 0.29) is 14.2 Å². The molecular formula is C7H8ClIN2O4S2. The summed E-state index contributed by atoms with van der Waals surface area (Å²) in [6.07, 6.45) is 0.695. The van der Waals surface area contributed by atoms with Gasteiger partial charge in [-0.2, -0.15) is 0 Å². The summed E-state index contributed by atoms with van der Waals surface area (Å²) in [5.41, 5.74) is -0.383. The molecule has 1 heterocycles. The van der Waals surface area contributed by atoms with Crippen LogP contribution in [0.4, 0.5) is 5.69 Å². The van der Waals surface area contributed by atoms with Gasteiger partial charge in [-0.05, 0) is 6.42 Å². The molecule has 1 aromatic rings. The molecule has 0 amide bonds. The molecule has 0 spiro atoms. The van der Waals surface area contributed by atoms with E-state index in [1.54, 1.807) is 0 Å². The van der Waals surface area contributed by atoms with Gasteiger partial charge in [0.25, 0.3) is 5.69 Å². The van der Waals surface area contributed by atoms with Crippen molar-refractivity contribution in [3.05, 3.63) is 20.5 Å². The lowest BCUT2D eigenvalue weighted by Gasteiger charge is -2.01. The van der Waals surface area contributed by atoms with Crippen molar-refractivity contribution in [3.8, 4) is 0 Å². The second-order valence-corrected chi connectivity index (χ2v) is 7.65. The Morgan fingerprint density at radius 3 is 2.71 bits per heavy atom. The highest BCUT2D eigenvalue weighted by Gasteiger charge is 2.24. The summed E-state index contributed by atoms with van der Waals surface area (Å²) in [5.74, 6) is 0. The summed E-state index contributed by atoms with van der Waals surface area (Å²) in [6.45, 7) is 0.300. The molecule has 0 unspecified atom stereocenters. The Bertz CT molecular complexity index is 516. The fourth-order valence-corrected chi connectivity index (χ4v) is 4.10. The fraction of sp³-hybridized carbons (Fsp3) is 0.429. The molecule has 0 saturated heterocycles. The second kappa shape index (κ2) is 6.27. The summed E-state index contributed by atoms with van der Waals surface area (Å²) >= 11 is 8.40. The van der Waals surface area contributed by atoms with Gasteiger partial charge in [-0.1, -0.05) is 34.2 Å². The predicted octanol–water partition coefficient (Wildman–Crippen LogP) is 2.41. The summed E-state index contributed by atoms with van der Waals surface area (Å²) in [6, 6.07) is 0.972. The molecule has 0 fully saturated rings. The zero-order valence-corrected chi connectivity index (χ0v) is 12.9. The van der Waals surface area contributed by atoms with Crippen LogP contribution in [-0.2, 0) is 10.0 Å². The molecule has 0 radical (unpaired) electrons. The van der Waals surface area contributed by atoms with E-state index < -0.39 is 14.9 Å². The van der Waals surface area contributed by atoms with E-state index in [0.29, 0.717) is 24.3 Å². The highest BCUT2D eigenvalue weighted by Crippen LogP contribution is 2.35. The summed E-state index contributed by atoms with van der Waals surface area (Å²) in [4.78, 5) is 9.83. The van der Waals surface area contributed by atoms with Crippen LogP contribution in [0.2, 0.25) is 4.34 Å². The quantitative estimate of drug-likeness (QED) is 0.256. The molecule has 0 saturated carbocycles. The number of alkyl halides is 1. The molecule has 10 heteroatoms. The predicted molar refractivity (Wildman–Crippen MR) is 74.7 cm³/mol.